The van der Waals surface area contributed by atoms with E-state index in [1.807, 2.05) is 43.4 Å². The van der Waals surface area contributed by atoms with Gasteiger partial charge in [-0.15, -0.1) is 0 Å². The molecule has 0 spiro atoms. The highest BCUT2D eigenvalue weighted by molar-refractivity contribution is 6.04. The Bertz CT molecular complexity index is 1200. The molecule has 4 rings (SSSR count). The number of nitriles is 1. The summed E-state index contributed by atoms with van der Waals surface area (Å²) in [4.78, 5) is 17.5. The molecule has 0 bridgehead atoms. The number of rotatable bonds is 3. The number of hydrogen-bond donors (Lipinski definition) is 1. The highest BCUT2D eigenvalue weighted by Gasteiger charge is 2.18. The zero-order valence-electron chi connectivity index (χ0n) is 15.9. The smallest absolute Gasteiger partial charge is 0.269 e. The van der Waals surface area contributed by atoms with Crippen LogP contribution in [-0.4, -0.2) is 40.4 Å². The second kappa shape index (κ2) is 7.76. The predicted molar refractivity (Wildman–Crippen MR) is 108 cm³/mol. The molecule has 1 aliphatic rings. The van der Waals surface area contributed by atoms with Gasteiger partial charge in [0.25, 0.3) is 5.91 Å². The second-order valence-corrected chi connectivity index (χ2v) is 6.86. The summed E-state index contributed by atoms with van der Waals surface area (Å²) in [6.45, 7) is 0.863. The molecule has 0 saturated carbocycles. The molecule has 2 heterocycles. The minimum absolute atomic E-state index is 0.103. The van der Waals surface area contributed by atoms with Crippen LogP contribution < -0.4 is 5.73 Å². The Labute approximate surface area is 168 Å². The van der Waals surface area contributed by atoms with Crippen molar-refractivity contribution in [2.45, 2.75) is 18.9 Å². The van der Waals surface area contributed by atoms with Crippen LogP contribution in [0.3, 0.4) is 0 Å². The van der Waals surface area contributed by atoms with E-state index >= 15 is 0 Å². The Hall–Kier alpha value is -3.65. The first-order chi connectivity index (χ1) is 14.0. The van der Waals surface area contributed by atoms with Crippen LogP contribution in [0, 0.1) is 23.2 Å². The van der Waals surface area contributed by atoms with E-state index in [1.54, 1.807) is 15.8 Å². The zero-order valence-corrected chi connectivity index (χ0v) is 15.9. The molecule has 1 aromatic heterocycles. The summed E-state index contributed by atoms with van der Waals surface area (Å²) in [5.74, 6) is 5.68. The van der Waals surface area contributed by atoms with Gasteiger partial charge in [0, 0.05) is 31.0 Å². The number of carbonyl (C=O) groups is 1. The molecule has 1 saturated heterocycles. The van der Waals surface area contributed by atoms with Crippen LogP contribution in [0.5, 0.6) is 0 Å². The van der Waals surface area contributed by atoms with E-state index < -0.39 is 5.91 Å². The summed E-state index contributed by atoms with van der Waals surface area (Å²) >= 11 is 0. The van der Waals surface area contributed by atoms with Crippen LogP contribution in [0.15, 0.2) is 42.5 Å². The molecule has 2 N–H and O–H groups in total. The maximum Gasteiger partial charge on any atom is 0.269 e. The van der Waals surface area contributed by atoms with Gasteiger partial charge >= 0.3 is 0 Å². The molecule has 1 atom stereocenters. The van der Waals surface area contributed by atoms with Crippen molar-refractivity contribution in [1.82, 2.24) is 14.8 Å². The van der Waals surface area contributed by atoms with Gasteiger partial charge in [0.15, 0.2) is 5.69 Å². The molecule has 7 heteroatoms. The van der Waals surface area contributed by atoms with E-state index in [9.17, 15) is 4.79 Å². The molecule has 0 aliphatic carbocycles. The van der Waals surface area contributed by atoms with Gasteiger partial charge in [-0.05, 0) is 35.9 Å². The van der Waals surface area contributed by atoms with Crippen molar-refractivity contribution in [1.29, 1.82) is 5.26 Å². The molecule has 1 fully saturated rings. The third-order valence-corrected chi connectivity index (χ3v) is 4.74. The Kier molecular flexibility index (Phi) is 5.01. The molecule has 3 aromatic rings. The van der Waals surface area contributed by atoms with Gasteiger partial charge in [0.05, 0.1) is 23.7 Å². The van der Waals surface area contributed by atoms with E-state index in [1.165, 1.54) is 0 Å². The molecule has 29 heavy (non-hydrogen) atoms. The molecule has 1 amide bonds. The average Bonchev–Trinajstić information content (AvgIpc) is 3.30. The molecule has 1 aliphatic heterocycles. The summed E-state index contributed by atoms with van der Waals surface area (Å²) in [6, 6.07) is 15.2. The van der Waals surface area contributed by atoms with Crippen LogP contribution in [0.25, 0.3) is 16.6 Å². The van der Waals surface area contributed by atoms with Crippen LogP contribution >= 0.6 is 0 Å². The van der Waals surface area contributed by atoms with Gasteiger partial charge in [0.2, 0.25) is 0 Å². The minimum atomic E-state index is -0.610. The second-order valence-electron chi connectivity index (χ2n) is 6.86. The Morgan fingerprint density at radius 2 is 2.21 bits per heavy atom. The van der Waals surface area contributed by atoms with E-state index in [2.05, 4.69) is 23.0 Å². The van der Waals surface area contributed by atoms with Crippen molar-refractivity contribution in [3.8, 4) is 23.6 Å². The normalized spacial score (nSPS) is 16.3. The van der Waals surface area contributed by atoms with E-state index in [0.29, 0.717) is 5.39 Å². The molecule has 0 unspecified atom stereocenters. The highest BCUT2D eigenvalue weighted by atomic mass is 16.7. The lowest BCUT2D eigenvalue weighted by Crippen LogP contribution is -2.12. The number of nitrogens with two attached hydrogens (primary N) is 1. The van der Waals surface area contributed by atoms with Crippen LogP contribution in [0.1, 0.15) is 28.0 Å². The molecule has 7 nitrogen and oxygen atoms in total. The molecule has 2 aromatic carbocycles. The number of aromatic nitrogens is 2. The first-order valence-electron chi connectivity index (χ1n) is 9.23. The molecular weight excluding hydrogens is 366 g/mol. The van der Waals surface area contributed by atoms with E-state index in [4.69, 9.17) is 15.8 Å². The van der Waals surface area contributed by atoms with Crippen LogP contribution in [0.4, 0.5) is 0 Å². The van der Waals surface area contributed by atoms with Crippen molar-refractivity contribution in [2.75, 3.05) is 13.6 Å². The summed E-state index contributed by atoms with van der Waals surface area (Å²) in [5, 5.41) is 15.8. The van der Waals surface area contributed by atoms with Gasteiger partial charge in [-0.25, -0.2) is 4.68 Å². The topological polar surface area (TPSA) is 97.2 Å². The quantitative estimate of drug-likeness (QED) is 0.697. The van der Waals surface area contributed by atoms with Crippen molar-refractivity contribution in [2.24, 2.45) is 5.73 Å². The number of nitrogens with zero attached hydrogens (tertiary/aromatic N) is 4. The van der Waals surface area contributed by atoms with Gasteiger partial charge in [-0.2, -0.15) is 15.4 Å². The number of hydrogen-bond acceptors (Lipinski definition) is 5. The van der Waals surface area contributed by atoms with Crippen molar-refractivity contribution in [3.63, 3.8) is 0 Å². The molecule has 0 radical (unpaired) electrons. The maximum absolute atomic E-state index is 11.9. The van der Waals surface area contributed by atoms with Crippen molar-refractivity contribution >= 4 is 16.8 Å². The number of primary amides is 1. The standard InChI is InChI=1S/C22H19N5O2/c1-26-12-10-18(29-26)7-5-15-3-2-4-17(13-15)27-20-8-6-16(9-11-23)14-19(20)21(25-27)22(24)28/h2-4,6,8,13-14,18H,9-10,12H2,1H3,(H2,24,28)/t18-/m0/s1. The Balaban J connectivity index is 1.74. The summed E-state index contributed by atoms with van der Waals surface area (Å²) in [5.41, 5.74) is 8.86. The molecular formula is C22H19N5O2. The summed E-state index contributed by atoms with van der Waals surface area (Å²) in [6.07, 6.45) is 1.03. The first-order valence-corrected chi connectivity index (χ1v) is 9.23. The fraction of sp³-hybridized carbons (Fsp3) is 0.227. The zero-order chi connectivity index (χ0) is 20.4. The van der Waals surface area contributed by atoms with E-state index in [-0.39, 0.29) is 18.2 Å². The van der Waals surface area contributed by atoms with Crippen molar-refractivity contribution in [3.05, 3.63) is 59.3 Å². The first kappa shape index (κ1) is 18.7. The van der Waals surface area contributed by atoms with Gasteiger partial charge in [-0.3, -0.25) is 9.63 Å². The number of hydroxylamine groups is 2. The Morgan fingerprint density at radius 3 is 2.93 bits per heavy atom. The number of carbonyl (C=O) groups excluding carboxylic acids is 1. The van der Waals surface area contributed by atoms with E-state index in [0.717, 1.165) is 35.3 Å². The summed E-state index contributed by atoms with van der Waals surface area (Å²) < 4.78 is 1.68. The Morgan fingerprint density at radius 1 is 1.34 bits per heavy atom. The predicted octanol–water partition coefficient (Wildman–Crippen LogP) is 2.18. The number of amides is 1. The number of benzene rings is 2. The van der Waals surface area contributed by atoms with Gasteiger partial charge in [0.1, 0.15) is 6.10 Å². The fourth-order valence-electron chi connectivity index (χ4n) is 3.34. The minimum Gasteiger partial charge on any atom is -0.364 e. The van der Waals surface area contributed by atoms with Gasteiger partial charge in [-0.1, -0.05) is 24.0 Å². The molecule has 144 valence electrons. The third-order valence-electron chi connectivity index (χ3n) is 4.74. The monoisotopic (exact) mass is 385 g/mol. The van der Waals surface area contributed by atoms with Crippen molar-refractivity contribution < 1.29 is 9.63 Å². The SMILES string of the molecule is CN1CC[C@H](C#Cc2cccc(-n3nc(C(N)=O)c4cc(CC#N)ccc43)c2)O1. The average molecular weight is 385 g/mol. The highest BCUT2D eigenvalue weighted by Crippen LogP contribution is 2.24. The largest absolute Gasteiger partial charge is 0.364 e. The van der Waals surface area contributed by atoms with Crippen LogP contribution in [0.2, 0.25) is 0 Å². The lowest BCUT2D eigenvalue weighted by atomic mass is 10.1. The lowest BCUT2D eigenvalue weighted by molar-refractivity contribution is -0.108. The third kappa shape index (κ3) is 3.83. The maximum atomic E-state index is 11.9. The van der Waals surface area contributed by atoms with Crippen LogP contribution in [-0.2, 0) is 11.3 Å². The fourth-order valence-corrected chi connectivity index (χ4v) is 3.34. The number of fused-ring (bicyclic) bond motifs is 1. The summed E-state index contributed by atoms with van der Waals surface area (Å²) in [7, 11) is 1.89. The lowest BCUT2D eigenvalue weighted by Gasteiger charge is -2.06. The van der Waals surface area contributed by atoms with Gasteiger partial charge < -0.3 is 5.73 Å².